The van der Waals surface area contributed by atoms with Gasteiger partial charge in [-0.1, -0.05) is 6.07 Å². The van der Waals surface area contributed by atoms with Gasteiger partial charge in [-0.15, -0.1) is 0 Å². The number of benzene rings is 1. The Hall–Kier alpha value is -0.430. The van der Waals surface area contributed by atoms with Crippen molar-refractivity contribution in [3.05, 3.63) is 28.2 Å². The number of hydrogen-bond acceptors (Lipinski definition) is 3. The molecule has 1 atom stereocenters. The van der Waals surface area contributed by atoms with Crippen molar-refractivity contribution >= 4 is 26.0 Å². The molecule has 0 aromatic heterocycles. The maximum atomic E-state index is 12.4. The first-order valence-corrected chi connectivity index (χ1v) is 8.61. The van der Waals surface area contributed by atoms with Gasteiger partial charge in [-0.25, -0.2) is 13.1 Å². The van der Waals surface area contributed by atoms with Gasteiger partial charge in [-0.05, 0) is 65.7 Å². The van der Waals surface area contributed by atoms with E-state index in [-0.39, 0.29) is 17.5 Å². The van der Waals surface area contributed by atoms with Crippen molar-refractivity contribution in [1.82, 2.24) is 4.72 Å². The standard InChI is InChI=1S/C13H18BrNO3S/c1-9-2-5-11(14)13(8-9)19(17,18)15-12(6-7-16)10-3-4-10/h2,5,8,10,12,15-16H,3-4,6-7H2,1H3. The summed E-state index contributed by atoms with van der Waals surface area (Å²) in [6.07, 6.45) is 2.53. The number of aliphatic hydroxyl groups is 1. The lowest BCUT2D eigenvalue weighted by Gasteiger charge is -2.18. The zero-order chi connectivity index (χ0) is 14.0. The van der Waals surface area contributed by atoms with Crippen LogP contribution in [0.4, 0.5) is 0 Å². The van der Waals surface area contributed by atoms with Gasteiger partial charge in [0.05, 0.1) is 4.90 Å². The number of aliphatic hydroxyl groups excluding tert-OH is 1. The van der Waals surface area contributed by atoms with E-state index >= 15 is 0 Å². The molecule has 0 saturated heterocycles. The van der Waals surface area contributed by atoms with Gasteiger partial charge in [-0.3, -0.25) is 0 Å². The van der Waals surface area contributed by atoms with Gasteiger partial charge in [0.2, 0.25) is 10.0 Å². The molecule has 1 aromatic carbocycles. The topological polar surface area (TPSA) is 66.4 Å². The molecular formula is C13H18BrNO3S. The number of hydrogen-bond donors (Lipinski definition) is 2. The fourth-order valence-corrected chi connectivity index (χ4v) is 4.50. The van der Waals surface area contributed by atoms with Gasteiger partial charge < -0.3 is 5.11 Å². The summed E-state index contributed by atoms with van der Waals surface area (Å²) in [6.45, 7) is 1.86. The van der Waals surface area contributed by atoms with Gasteiger partial charge >= 0.3 is 0 Å². The molecule has 0 heterocycles. The Balaban J connectivity index is 2.23. The number of nitrogens with one attached hydrogen (secondary N) is 1. The van der Waals surface area contributed by atoms with Crippen LogP contribution in [0.15, 0.2) is 27.6 Å². The van der Waals surface area contributed by atoms with Crippen molar-refractivity contribution < 1.29 is 13.5 Å². The van der Waals surface area contributed by atoms with Crippen LogP contribution in [-0.2, 0) is 10.0 Å². The molecule has 1 unspecified atom stereocenters. The molecule has 2 rings (SSSR count). The van der Waals surface area contributed by atoms with Crippen LogP contribution in [0.1, 0.15) is 24.8 Å². The summed E-state index contributed by atoms with van der Waals surface area (Å²) in [6, 6.07) is 5.08. The highest BCUT2D eigenvalue weighted by Gasteiger charge is 2.34. The van der Waals surface area contributed by atoms with Gasteiger partial charge in [0.15, 0.2) is 0 Å². The van der Waals surface area contributed by atoms with E-state index in [4.69, 9.17) is 5.11 Å². The third-order valence-electron chi connectivity index (χ3n) is 3.31. The minimum Gasteiger partial charge on any atom is -0.396 e. The molecule has 0 amide bonds. The molecule has 0 spiro atoms. The van der Waals surface area contributed by atoms with E-state index in [1.807, 2.05) is 13.0 Å². The molecule has 0 radical (unpaired) electrons. The molecule has 1 aromatic rings. The van der Waals surface area contributed by atoms with Gasteiger partial charge in [0.1, 0.15) is 0 Å². The highest BCUT2D eigenvalue weighted by molar-refractivity contribution is 9.10. The van der Waals surface area contributed by atoms with Crippen molar-refractivity contribution in [2.24, 2.45) is 5.92 Å². The Morgan fingerprint density at radius 3 is 2.74 bits per heavy atom. The summed E-state index contributed by atoms with van der Waals surface area (Å²) in [5, 5.41) is 9.04. The number of rotatable bonds is 6. The van der Waals surface area contributed by atoms with Crippen molar-refractivity contribution in [2.45, 2.75) is 37.1 Å². The maximum absolute atomic E-state index is 12.4. The molecule has 6 heteroatoms. The van der Waals surface area contributed by atoms with E-state index in [2.05, 4.69) is 20.7 Å². The van der Waals surface area contributed by atoms with Crippen molar-refractivity contribution in [3.63, 3.8) is 0 Å². The summed E-state index contributed by atoms with van der Waals surface area (Å²) in [5.41, 5.74) is 0.897. The molecule has 19 heavy (non-hydrogen) atoms. The second-order valence-corrected chi connectivity index (χ2v) is 7.55. The third-order valence-corrected chi connectivity index (χ3v) is 5.80. The van der Waals surface area contributed by atoms with Crippen LogP contribution >= 0.6 is 15.9 Å². The largest absolute Gasteiger partial charge is 0.396 e. The first-order chi connectivity index (χ1) is 8.94. The Morgan fingerprint density at radius 2 is 2.16 bits per heavy atom. The third kappa shape index (κ3) is 3.78. The lowest BCUT2D eigenvalue weighted by Crippen LogP contribution is -2.37. The average Bonchev–Trinajstić information content (AvgIpc) is 3.15. The zero-order valence-corrected chi connectivity index (χ0v) is 13.2. The molecule has 1 aliphatic carbocycles. The zero-order valence-electron chi connectivity index (χ0n) is 10.8. The van der Waals surface area contributed by atoms with E-state index in [0.29, 0.717) is 16.8 Å². The Bertz CT molecular complexity index is 555. The highest BCUT2D eigenvalue weighted by Crippen LogP contribution is 2.35. The molecule has 4 nitrogen and oxygen atoms in total. The number of aryl methyl sites for hydroxylation is 1. The monoisotopic (exact) mass is 347 g/mol. The normalized spacial score (nSPS) is 17.4. The second kappa shape index (κ2) is 5.91. The van der Waals surface area contributed by atoms with Crippen LogP contribution in [0.2, 0.25) is 0 Å². The van der Waals surface area contributed by atoms with Gasteiger partial charge in [0.25, 0.3) is 0 Å². The van der Waals surface area contributed by atoms with Crippen molar-refractivity contribution in [3.8, 4) is 0 Å². The van der Waals surface area contributed by atoms with Crippen LogP contribution in [0, 0.1) is 12.8 Å². The van der Waals surface area contributed by atoms with Gasteiger partial charge in [-0.2, -0.15) is 0 Å². The summed E-state index contributed by atoms with van der Waals surface area (Å²) in [5.74, 6) is 0.366. The lowest BCUT2D eigenvalue weighted by molar-refractivity contribution is 0.265. The van der Waals surface area contributed by atoms with E-state index in [9.17, 15) is 8.42 Å². The van der Waals surface area contributed by atoms with Gasteiger partial charge in [0, 0.05) is 17.1 Å². The molecule has 1 fully saturated rings. The average molecular weight is 348 g/mol. The van der Waals surface area contributed by atoms with Crippen molar-refractivity contribution in [2.75, 3.05) is 6.61 Å². The molecule has 1 saturated carbocycles. The van der Waals surface area contributed by atoms with Crippen LogP contribution < -0.4 is 4.72 Å². The minimum atomic E-state index is -3.55. The minimum absolute atomic E-state index is 0.00132. The fourth-order valence-electron chi connectivity index (χ4n) is 2.11. The molecule has 2 N–H and O–H groups in total. The Labute approximate surface area is 122 Å². The Kier molecular flexibility index (Phi) is 4.66. The molecule has 0 aliphatic heterocycles. The van der Waals surface area contributed by atoms with Crippen LogP contribution in [0.25, 0.3) is 0 Å². The number of halogens is 1. The number of sulfonamides is 1. The molecule has 0 bridgehead atoms. The van der Waals surface area contributed by atoms with Crippen LogP contribution in [0.5, 0.6) is 0 Å². The van der Waals surface area contributed by atoms with E-state index in [1.54, 1.807) is 12.1 Å². The predicted molar refractivity (Wildman–Crippen MR) is 77.4 cm³/mol. The van der Waals surface area contributed by atoms with E-state index in [0.717, 1.165) is 18.4 Å². The maximum Gasteiger partial charge on any atom is 0.241 e. The summed E-state index contributed by atoms with van der Waals surface area (Å²) >= 11 is 3.28. The summed E-state index contributed by atoms with van der Waals surface area (Å²) in [4.78, 5) is 0.260. The van der Waals surface area contributed by atoms with Crippen LogP contribution in [-0.4, -0.2) is 26.2 Å². The fraction of sp³-hybridized carbons (Fsp3) is 0.538. The molecule has 1 aliphatic rings. The quantitative estimate of drug-likeness (QED) is 0.828. The second-order valence-electron chi connectivity index (χ2n) is 5.01. The van der Waals surface area contributed by atoms with Crippen molar-refractivity contribution in [1.29, 1.82) is 0 Å². The molecule has 106 valence electrons. The first kappa shape index (κ1) is 15.0. The smallest absolute Gasteiger partial charge is 0.241 e. The molecular weight excluding hydrogens is 330 g/mol. The lowest BCUT2D eigenvalue weighted by atomic mass is 10.1. The Morgan fingerprint density at radius 1 is 1.47 bits per heavy atom. The predicted octanol–water partition coefficient (Wildman–Crippen LogP) is 2.20. The highest BCUT2D eigenvalue weighted by atomic mass is 79.9. The van der Waals surface area contributed by atoms with Crippen LogP contribution in [0.3, 0.4) is 0 Å². The first-order valence-electron chi connectivity index (χ1n) is 6.33. The van der Waals surface area contributed by atoms with E-state index < -0.39 is 10.0 Å². The van der Waals surface area contributed by atoms with E-state index in [1.165, 1.54) is 0 Å². The SMILES string of the molecule is Cc1ccc(Br)c(S(=O)(=O)NC(CCO)C2CC2)c1. The summed E-state index contributed by atoms with van der Waals surface area (Å²) < 4.78 is 28.1. The summed E-state index contributed by atoms with van der Waals surface area (Å²) in [7, 11) is -3.55.